The van der Waals surface area contributed by atoms with Crippen LogP contribution in [0.3, 0.4) is 0 Å². The molecule has 29 heavy (non-hydrogen) atoms. The first-order chi connectivity index (χ1) is 14.0. The maximum Gasteiger partial charge on any atom is 0.286 e. The van der Waals surface area contributed by atoms with E-state index in [1.54, 1.807) is 18.3 Å². The van der Waals surface area contributed by atoms with Crippen LogP contribution >= 0.6 is 34.4 Å². The highest BCUT2D eigenvalue weighted by atomic mass is 32.2. The van der Waals surface area contributed by atoms with Crippen LogP contribution in [0.15, 0.2) is 34.0 Å². The number of anilines is 1. The molecule has 1 amide bonds. The molecule has 12 heteroatoms. The number of ether oxygens (including phenoxy) is 2. The Morgan fingerprint density at radius 3 is 2.83 bits per heavy atom. The monoisotopic (exact) mass is 452 g/mol. The Labute approximate surface area is 178 Å². The van der Waals surface area contributed by atoms with E-state index >= 15 is 0 Å². The highest BCUT2D eigenvalue weighted by Gasteiger charge is 2.25. The van der Waals surface area contributed by atoms with Gasteiger partial charge in [-0.1, -0.05) is 29.2 Å². The predicted octanol–water partition coefficient (Wildman–Crippen LogP) is 4.46. The number of rotatable bonds is 9. The molecule has 1 aromatic carbocycles. The Morgan fingerprint density at radius 2 is 2.17 bits per heavy atom. The fourth-order valence-electron chi connectivity index (χ4n) is 2.32. The number of nitro benzene ring substituents is 1. The molecule has 0 aliphatic rings. The van der Waals surface area contributed by atoms with Gasteiger partial charge in [-0.3, -0.25) is 20.2 Å². The van der Waals surface area contributed by atoms with E-state index in [1.807, 2.05) is 17.5 Å². The minimum atomic E-state index is -0.675. The number of nitro groups is 1. The predicted molar refractivity (Wildman–Crippen MR) is 113 cm³/mol. The van der Waals surface area contributed by atoms with Gasteiger partial charge < -0.3 is 9.47 Å². The standard InChI is InChI=1S/C17H16N4O5S3/c1-3-26-14-7-11(12(21(23)24)8-13(14)25-2)15(22)18-16-19-20-17(29-16)28-9-10-5-4-6-27-10/h4-8H,3,9H2,1-2H3,(H,18,19,22). The topological polar surface area (TPSA) is 116 Å². The molecule has 3 rings (SSSR count). The number of thiophene rings is 1. The molecule has 0 saturated heterocycles. The molecular formula is C17H16N4O5S3. The summed E-state index contributed by atoms with van der Waals surface area (Å²) in [5.74, 6) is 0.502. The third-order valence-corrected chi connectivity index (χ3v) is 6.65. The Morgan fingerprint density at radius 1 is 1.34 bits per heavy atom. The summed E-state index contributed by atoms with van der Waals surface area (Å²) in [6, 6.07) is 6.47. The van der Waals surface area contributed by atoms with Gasteiger partial charge in [0.15, 0.2) is 15.8 Å². The molecule has 0 aliphatic carbocycles. The largest absolute Gasteiger partial charge is 0.493 e. The Kier molecular flexibility index (Phi) is 7.01. The van der Waals surface area contributed by atoms with E-state index in [4.69, 9.17) is 9.47 Å². The second kappa shape index (κ2) is 9.67. The van der Waals surface area contributed by atoms with Crippen molar-refractivity contribution in [3.8, 4) is 11.5 Å². The van der Waals surface area contributed by atoms with Crippen LogP contribution in [-0.2, 0) is 5.75 Å². The summed E-state index contributed by atoms with van der Waals surface area (Å²) in [7, 11) is 1.37. The second-order valence-corrected chi connectivity index (χ2v) is 8.64. The molecule has 2 heterocycles. The van der Waals surface area contributed by atoms with Crippen LogP contribution in [0, 0.1) is 10.1 Å². The second-order valence-electron chi connectivity index (χ2n) is 5.41. The lowest BCUT2D eigenvalue weighted by Crippen LogP contribution is -2.14. The smallest absolute Gasteiger partial charge is 0.286 e. The van der Waals surface area contributed by atoms with Crippen molar-refractivity contribution < 1.29 is 19.2 Å². The quantitative estimate of drug-likeness (QED) is 0.219. The van der Waals surface area contributed by atoms with Gasteiger partial charge in [0.1, 0.15) is 5.56 Å². The Balaban J connectivity index is 1.77. The number of carbonyl (C=O) groups is 1. The van der Waals surface area contributed by atoms with Gasteiger partial charge in [0, 0.05) is 16.7 Å². The van der Waals surface area contributed by atoms with Gasteiger partial charge in [-0.05, 0) is 18.4 Å². The van der Waals surface area contributed by atoms with Crippen LogP contribution < -0.4 is 14.8 Å². The number of methoxy groups -OCH3 is 1. The molecule has 0 saturated carbocycles. The lowest BCUT2D eigenvalue weighted by Gasteiger charge is -2.11. The molecule has 0 atom stereocenters. The van der Waals surface area contributed by atoms with E-state index in [-0.39, 0.29) is 27.9 Å². The van der Waals surface area contributed by atoms with Gasteiger partial charge in [0.05, 0.1) is 24.7 Å². The van der Waals surface area contributed by atoms with Gasteiger partial charge in [-0.2, -0.15) is 0 Å². The number of hydrogen-bond donors (Lipinski definition) is 1. The van der Waals surface area contributed by atoms with Gasteiger partial charge in [0.2, 0.25) is 5.13 Å². The van der Waals surface area contributed by atoms with Crippen LogP contribution in [0.1, 0.15) is 22.2 Å². The summed E-state index contributed by atoms with van der Waals surface area (Å²) in [5, 5.41) is 24.2. The summed E-state index contributed by atoms with van der Waals surface area (Å²) in [6.45, 7) is 2.08. The van der Waals surface area contributed by atoms with E-state index in [2.05, 4.69) is 15.5 Å². The molecule has 1 N–H and O–H groups in total. The van der Waals surface area contributed by atoms with Gasteiger partial charge in [-0.25, -0.2) is 0 Å². The third kappa shape index (κ3) is 5.22. The van der Waals surface area contributed by atoms with Crippen LogP contribution in [0.4, 0.5) is 10.8 Å². The fraction of sp³-hybridized carbons (Fsp3) is 0.235. The summed E-state index contributed by atoms with van der Waals surface area (Å²) < 4.78 is 11.2. The van der Waals surface area contributed by atoms with E-state index in [9.17, 15) is 14.9 Å². The minimum absolute atomic E-state index is 0.151. The van der Waals surface area contributed by atoms with Gasteiger partial charge in [-0.15, -0.1) is 21.5 Å². The maximum absolute atomic E-state index is 12.7. The zero-order valence-corrected chi connectivity index (χ0v) is 17.9. The van der Waals surface area contributed by atoms with Gasteiger partial charge in [0.25, 0.3) is 11.6 Å². The first-order valence-corrected chi connectivity index (χ1v) is 11.0. The van der Waals surface area contributed by atoms with Crippen molar-refractivity contribution in [2.75, 3.05) is 19.0 Å². The molecule has 0 unspecified atom stereocenters. The number of aromatic nitrogens is 2. The average Bonchev–Trinajstić information content (AvgIpc) is 3.38. The maximum atomic E-state index is 12.7. The molecule has 0 radical (unpaired) electrons. The average molecular weight is 453 g/mol. The molecule has 2 aromatic heterocycles. The lowest BCUT2D eigenvalue weighted by atomic mass is 10.1. The first kappa shape index (κ1) is 21.0. The SMILES string of the molecule is CCOc1cc(C(=O)Nc2nnc(SCc3cccs3)s2)c([N+](=O)[O-])cc1OC. The number of nitrogens with one attached hydrogen (secondary N) is 1. The summed E-state index contributed by atoms with van der Waals surface area (Å²) in [6.07, 6.45) is 0. The fourth-order valence-corrected chi connectivity index (χ4v) is 4.84. The van der Waals surface area contributed by atoms with Crippen LogP contribution in [0.25, 0.3) is 0 Å². The summed E-state index contributed by atoms with van der Waals surface area (Å²) in [4.78, 5) is 24.6. The molecular weight excluding hydrogens is 436 g/mol. The summed E-state index contributed by atoms with van der Waals surface area (Å²) in [5.41, 5.74) is -0.540. The first-order valence-electron chi connectivity index (χ1n) is 8.31. The van der Waals surface area contributed by atoms with E-state index in [1.165, 1.54) is 47.2 Å². The normalized spacial score (nSPS) is 10.6. The van der Waals surface area contributed by atoms with Crippen molar-refractivity contribution in [2.45, 2.75) is 17.0 Å². The van der Waals surface area contributed by atoms with Gasteiger partial charge >= 0.3 is 0 Å². The van der Waals surface area contributed by atoms with Crippen LogP contribution in [0.2, 0.25) is 0 Å². The van der Waals surface area contributed by atoms with Crippen molar-refractivity contribution in [3.05, 3.63) is 50.2 Å². The minimum Gasteiger partial charge on any atom is -0.493 e. The van der Waals surface area contributed by atoms with Crippen molar-refractivity contribution in [1.82, 2.24) is 10.2 Å². The zero-order valence-electron chi connectivity index (χ0n) is 15.4. The van der Waals surface area contributed by atoms with Crippen molar-refractivity contribution in [3.63, 3.8) is 0 Å². The number of amides is 1. The number of carbonyl (C=O) groups excluding carboxylic acids is 1. The molecule has 9 nitrogen and oxygen atoms in total. The molecule has 0 aliphatic heterocycles. The Bertz CT molecular complexity index is 1010. The number of hydrogen-bond acceptors (Lipinski definition) is 10. The van der Waals surface area contributed by atoms with E-state index in [0.29, 0.717) is 10.9 Å². The van der Waals surface area contributed by atoms with Crippen molar-refractivity contribution >= 4 is 51.2 Å². The lowest BCUT2D eigenvalue weighted by molar-refractivity contribution is -0.385. The number of thioether (sulfide) groups is 1. The molecule has 3 aromatic rings. The highest BCUT2D eigenvalue weighted by Crippen LogP contribution is 2.35. The zero-order chi connectivity index (χ0) is 20.8. The molecule has 0 fully saturated rings. The third-order valence-electron chi connectivity index (χ3n) is 3.57. The molecule has 0 spiro atoms. The molecule has 152 valence electrons. The summed E-state index contributed by atoms with van der Waals surface area (Å²) >= 11 is 4.35. The van der Waals surface area contributed by atoms with E-state index < -0.39 is 10.8 Å². The van der Waals surface area contributed by atoms with Crippen molar-refractivity contribution in [1.29, 1.82) is 0 Å². The Hall–Kier alpha value is -2.70. The molecule has 0 bridgehead atoms. The highest BCUT2D eigenvalue weighted by molar-refractivity contribution is 8.00. The number of nitrogens with zero attached hydrogens (tertiary/aromatic N) is 3. The van der Waals surface area contributed by atoms with Crippen molar-refractivity contribution in [2.24, 2.45) is 0 Å². The van der Waals surface area contributed by atoms with Crippen LogP contribution in [-0.4, -0.2) is 34.7 Å². The van der Waals surface area contributed by atoms with Crippen LogP contribution in [0.5, 0.6) is 11.5 Å². The number of benzene rings is 1. The van der Waals surface area contributed by atoms with E-state index in [0.717, 1.165) is 5.75 Å².